The largest absolute Gasteiger partial charge is 0.415 e. The normalized spacial score (nSPS) is 14.9. The molecule has 0 aromatic carbocycles. The third-order valence-corrected chi connectivity index (χ3v) is 0.961. The molecule has 0 aliphatic rings. The average Bonchev–Trinajstić information content (AvgIpc) is 1.83. The molecular formula is C5H8F3NO. The Hall–Kier alpha value is -0.550. The predicted molar refractivity (Wildman–Crippen MR) is 30.2 cm³/mol. The van der Waals surface area contributed by atoms with E-state index in [2.05, 4.69) is 11.3 Å². The molecule has 60 valence electrons. The van der Waals surface area contributed by atoms with Gasteiger partial charge in [-0.2, -0.15) is 13.2 Å². The Morgan fingerprint density at radius 2 is 2.00 bits per heavy atom. The minimum absolute atomic E-state index is 1.07. The first-order chi connectivity index (χ1) is 4.39. The summed E-state index contributed by atoms with van der Waals surface area (Å²) in [4.78, 5) is 0. The molecule has 0 aromatic rings. The summed E-state index contributed by atoms with van der Waals surface area (Å²) in [5.41, 5.74) is 3.79. The molecule has 0 saturated carbocycles. The van der Waals surface area contributed by atoms with Crippen molar-refractivity contribution in [1.29, 1.82) is 0 Å². The molecular weight excluding hydrogens is 147 g/mol. The van der Waals surface area contributed by atoms with E-state index < -0.39 is 18.0 Å². The van der Waals surface area contributed by atoms with E-state index in [1.54, 1.807) is 0 Å². The summed E-state index contributed by atoms with van der Waals surface area (Å²) >= 11 is 0. The number of nitrogens with two attached hydrogens (primary N) is 1. The highest BCUT2D eigenvalue weighted by Crippen LogP contribution is 2.25. The van der Waals surface area contributed by atoms with Crippen LogP contribution in [0.5, 0.6) is 0 Å². The number of hydrogen-bond acceptors (Lipinski definition) is 2. The second kappa shape index (κ2) is 3.03. The molecule has 0 spiro atoms. The van der Waals surface area contributed by atoms with Crippen molar-refractivity contribution in [2.24, 2.45) is 5.73 Å². The van der Waals surface area contributed by atoms with E-state index in [0.717, 1.165) is 7.11 Å². The second-order valence-corrected chi connectivity index (χ2v) is 1.68. The van der Waals surface area contributed by atoms with Crippen LogP contribution in [0, 0.1) is 0 Å². The maximum Gasteiger partial charge on any atom is 0.415 e. The van der Waals surface area contributed by atoms with E-state index in [0.29, 0.717) is 0 Å². The quantitative estimate of drug-likeness (QED) is 0.477. The number of hydrogen-bond donors (Lipinski definition) is 1. The lowest BCUT2D eigenvalue weighted by molar-refractivity contribution is -0.107. The highest BCUT2D eigenvalue weighted by atomic mass is 19.4. The van der Waals surface area contributed by atoms with Crippen LogP contribution < -0.4 is 5.73 Å². The Balaban J connectivity index is 4.09. The number of rotatable bonds is 2. The fraction of sp³-hybridized carbons (Fsp3) is 0.600. The maximum atomic E-state index is 11.6. The lowest BCUT2D eigenvalue weighted by atomic mass is 10.3. The van der Waals surface area contributed by atoms with Gasteiger partial charge >= 0.3 is 6.18 Å². The van der Waals surface area contributed by atoms with Gasteiger partial charge in [-0.15, -0.1) is 0 Å². The number of halogens is 3. The fourth-order valence-corrected chi connectivity index (χ4v) is 0.304. The smallest absolute Gasteiger partial charge is 0.363 e. The molecule has 0 saturated heterocycles. The number of alkyl halides is 3. The molecule has 0 aromatic heterocycles. The standard InChI is InChI=1S/C5H8F3NO/c1-3(4(9)10-2)5(6,7)8/h4H,1,9H2,2H3. The molecule has 0 aliphatic carbocycles. The van der Waals surface area contributed by atoms with Crippen LogP contribution >= 0.6 is 0 Å². The van der Waals surface area contributed by atoms with Gasteiger partial charge in [0.2, 0.25) is 0 Å². The molecule has 0 radical (unpaired) electrons. The van der Waals surface area contributed by atoms with Gasteiger partial charge in [0.1, 0.15) is 6.23 Å². The third kappa shape index (κ3) is 2.36. The summed E-state index contributed by atoms with van der Waals surface area (Å²) < 4.78 is 39.1. The second-order valence-electron chi connectivity index (χ2n) is 1.68. The zero-order valence-corrected chi connectivity index (χ0v) is 5.40. The van der Waals surface area contributed by atoms with Crippen LogP contribution in [-0.2, 0) is 4.74 Å². The van der Waals surface area contributed by atoms with E-state index in [9.17, 15) is 13.2 Å². The summed E-state index contributed by atoms with van der Waals surface area (Å²) in [5.74, 6) is 0. The van der Waals surface area contributed by atoms with Gasteiger partial charge in [0, 0.05) is 7.11 Å². The van der Waals surface area contributed by atoms with Crippen LogP contribution in [0.2, 0.25) is 0 Å². The van der Waals surface area contributed by atoms with Crippen LogP contribution in [0.4, 0.5) is 13.2 Å². The van der Waals surface area contributed by atoms with E-state index >= 15 is 0 Å². The first-order valence-electron chi connectivity index (χ1n) is 2.44. The third-order valence-electron chi connectivity index (χ3n) is 0.961. The van der Waals surface area contributed by atoms with Crippen molar-refractivity contribution in [2.45, 2.75) is 12.4 Å². The molecule has 2 N–H and O–H groups in total. The Morgan fingerprint density at radius 3 is 2.10 bits per heavy atom. The van der Waals surface area contributed by atoms with Gasteiger partial charge in [-0.1, -0.05) is 6.58 Å². The molecule has 1 unspecified atom stereocenters. The molecule has 10 heavy (non-hydrogen) atoms. The summed E-state index contributed by atoms with van der Waals surface area (Å²) in [7, 11) is 1.08. The van der Waals surface area contributed by atoms with Gasteiger partial charge in [-0.05, 0) is 0 Å². The predicted octanol–water partition coefficient (Wildman–Crippen LogP) is 1.04. The SMILES string of the molecule is C=C(C(N)OC)C(F)(F)F. The van der Waals surface area contributed by atoms with Crippen LogP contribution in [0.3, 0.4) is 0 Å². The fourth-order valence-electron chi connectivity index (χ4n) is 0.304. The summed E-state index contributed by atoms with van der Waals surface area (Å²) in [5, 5.41) is 0. The number of methoxy groups -OCH3 is 1. The lowest BCUT2D eigenvalue weighted by Crippen LogP contribution is -2.32. The molecule has 0 aliphatic heterocycles. The molecule has 2 nitrogen and oxygen atoms in total. The van der Waals surface area contributed by atoms with Gasteiger partial charge in [-0.25, -0.2) is 0 Å². The zero-order chi connectivity index (χ0) is 8.36. The number of ether oxygens (including phenoxy) is 1. The minimum atomic E-state index is -4.46. The molecule has 1 atom stereocenters. The molecule has 5 heteroatoms. The van der Waals surface area contributed by atoms with E-state index in [1.165, 1.54) is 0 Å². The van der Waals surface area contributed by atoms with Gasteiger partial charge in [0.15, 0.2) is 0 Å². The highest BCUT2D eigenvalue weighted by Gasteiger charge is 2.35. The van der Waals surface area contributed by atoms with Crippen molar-refractivity contribution in [3.8, 4) is 0 Å². The van der Waals surface area contributed by atoms with Crippen molar-refractivity contribution < 1.29 is 17.9 Å². The maximum absolute atomic E-state index is 11.6. The summed E-state index contributed by atoms with van der Waals surface area (Å²) in [6.45, 7) is 2.72. The zero-order valence-electron chi connectivity index (χ0n) is 5.40. The Kier molecular flexibility index (Phi) is 2.86. The Morgan fingerprint density at radius 1 is 1.60 bits per heavy atom. The molecule has 0 fully saturated rings. The van der Waals surface area contributed by atoms with Crippen molar-refractivity contribution >= 4 is 0 Å². The highest BCUT2D eigenvalue weighted by molar-refractivity contribution is 5.07. The van der Waals surface area contributed by atoms with Crippen LogP contribution in [0.25, 0.3) is 0 Å². The topological polar surface area (TPSA) is 35.2 Å². The summed E-state index contributed by atoms with van der Waals surface area (Å²) in [6, 6.07) is 0. The average molecular weight is 155 g/mol. The Labute approximate surface area is 56.5 Å². The van der Waals surface area contributed by atoms with E-state index in [4.69, 9.17) is 5.73 Å². The lowest BCUT2D eigenvalue weighted by Gasteiger charge is -2.14. The molecule has 0 heterocycles. The Bertz CT molecular complexity index is 131. The first-order valence-corrected chi connectivity index (χ1v) is 2.44. The first kappa shape index (κ1) is 9.45. The molecule has 0 rings (SSSR count). The van der Waals surface area contributed by atoms with Crippen LogP contribution in [0.1, 0.15) is 0 Å². The van der Waals surface area contributed by atoms with Crippen molar-refractivity contribution in [2.75, 3.05) is 7.11 Å². The van der Waals surface area contributed by atoms with Crippen molar-refractivity contribution in [1.82, 2.24) is 0 Å². The van der Waals surface area contributed by atoms with Gasteiger partial charge in [0.05, 0.1) is 5.57 Å². The van der Waals surface area contributed by atoms with Crippen molar-refractivity contribution in [3.05, 3.63) is 12.2 Å². The van der Waals surface area contributed by atoms with Crippen molar-refractivity contribution in [3.63, 3.8) is 0 Å². The van der Waals surface area contributed by atoms with Crippen LogP contribution in [-0.4, -0.2) is 19.5 Å². The van der Waals surface area contributed by atoms with Gasteiger partial charge < -0.3 is 10.5 Å². The van der Waals surface area contributed by atoms with Crippen LogP contribution in [0.15, 0.2) is 12.2 Å². The van der Waals surface area contributed by atoms with Gasteiger partial charge in [-0.3, -0.25) is 0 Å². The van der Waals surface area contributed by atoms with E-state index in [1.807, 2.05) is 0 Å². The minimum Gasteiger partial charge on any atom is -0.363 e. The monoisotopic (exact) mass is 155 g/mol. The molecule has 0 bridgehead atoms. The van der Waals surface area contributed by atoms with Gasteiger partial charge in [0.25, 0.3) is 0 Å². The van der Waals surface area contributed by atoms with E-state index in [-0.39, 0.29) is 0 Å². The molecule has 0 amide bonds. The summed E-state index contributed by atoms with van der Waals surface area (Å²) in [6.07, 6.45) is -5.92.